The van der Waals surface area contributed by atoms with Crippen LogP contribution in [0.25, 0.3) is 0 Å². The Morgan fingerprint density at radius 2 is 1.96 bits per heavy atom. The standard InChI is InChI=1S/C16H11BrCl2N2O3/c17-10-3-1-2-9(6-10)15-20(8-14(22)21(15)24)16(23)12-5-4-11(18)7-13(12)19/h1-7,15,24H,8H2. The zero-order chi connectivity index (χ0) is 17.4. The molecule has 1 N–H and O–H groups in total. The summed E-state index contributed by atoms with van der Waals surface area (Å²) in [5.41, 5.74) is 0.806. The molecule has 0 radical (unpaired) electrons. The highest BCUT2D eigenvalue weighted by molar-refractivity contribution is 9.10. The molecule has 2 aromatic carbocycles. The number of hydroxylamine groups is 2. The van der Waals surface area contributed by atoms with Crippen LogP contribution >= 0.6 is 39.1 Å². The predicted molar refractivity (Wildman–Crippen MR) is 93.0 cm³/mol. The number of nitrogens with zero attached hydrogens (tertiary/aromatic N) is 2. The van der Waals surface area contributed by atoms with Crippen LogP contribution in [-0.2, 0) is 4.79 Å². The summed E-state index contributed by atoms with van der Waals surface area (Å²) in [6.07, 6.45) is -0.922. The number of amides is 2. The Bertz CT molecular complexity index is 831. The van der Waals surface area contributed by atoms with Crippen molar-refractivity contribution >= 4 is 50.9 Å². The molecule has 1 fully saturated rings. The van der Waals surface area contributed by atoms with Crippen molar-refractivity contribution in [2.45, 2.75) is 6.17 Å². The number of carbonyl (C=O) groups is 2. The van der Waals surface area contributed by atoms with E-state index in [9.17, 15) is 14.8 Å². The van der Waals surface area contributed by atoms with Gasteiger partial charge in [-0.2, -0.15) is 5.06 Å². The summed E-state index contributed by atoms with van der Waals surface area (Å²) < 4.78 is 0.768. The normalized spacial score (nSPS) is 17.5. The van der Waals surface area contributed by atoms with E-state index in [-0.39, 0.29) is 17.1 Å². The van der Waals surface area contributed by atoms with E-state index >= 15 is 0 Å². The third-order valence-electron chi connectivity index (χ3n) is 3.66. The SMILES string of the molecule is O=C1CN(C(=O)c2ccc(Cl)cc2Cl)C(c2cccc(Br)c2)N1O. The Balaban J connectivity index is 2.01. The molecule has 1 heterocycles. The van der Waals surface area contributed by atoms with Crippen molar-refractivity contribution in [3.63, 3.8) is 0 Å². The van der Waals surface area contributed by atoms with Gasteiger partial charge in [0.1, 0.15) is 6.54 Å². The van der Waals surface area contributed by atoms with Crippen LogP contribution in [0.3, 0.4) is 0 Å². The largest absolute Gasteiger partial charge is 0.302 e. The van der Waals surface area contributed by atoms with E-state index in [0.29, 0.717) is 15.6 Å². The van der Waals surface area contributed by atoms with E-state index in [4.69, 9.17) is 23.2 Å². The highest BCUT2D eigenvalue weighted by Gasteiger charge is 2.41. The zero-order valence-electron chi connectivity index (χ0n) is 12.1. The maximum Gasteiger partial charge on any atom is 0.267 e. The van der Waals surface area contributed by atoms with Gasteiger partial charge in [-0.25, -0.2) is 0 Å². The van der Waals surface area contributed by atoms with Gasteiger partial charge in [0.05, 0.1) is 10.6 Å². The molecule has 0 spiro atoms. The first-order valence-corrected chi connectivity index (χ1v) is 8.46. The Labute approximate surface area is 156 Å². The second-order valence-electron chi connectivity index (χ2n) is 5.22. The van der Waals surface area contributed by atoms with E-state index in [1.54, 1.807) is 24.3 Å². The maximum atomic E-state index is 12.8. The van der Waals surface area contributed by atoms with Crippen molar-refractivity contribution in [3.8, 4) is 0 Å². The van der Waals surface area contributed by atoms with Crippen molar-refractivity contribution in [3.05, 3.63) is 68.1 Å². The molecule has 0 aromatic heterocycles. The van der Waals surface area contributed by atoms with Crippen LogP contribution in [0, 0.1) is 0 Å². The fourth-order valence-electron chi connectivity index (χ4n) is 2.56. The highest BCUT2D eigenvalue weighted by Crippen LogP contribution is 2.33. The zero-order valence-corrected chi connectivity index (χ0v) is 15.2. The molecule has 24 heavy (non-hydrogen) atoms. The molecular formula is C16H11BrCl2N2O3. The molecule has 1 aliphatic rings. The lowest BCUT2D eigenvalue weighted by Crippen LogP contribution is -2.34. The van der Waals surface area contributed by atoms with Gasteiger partial charge in [-0.05, 0) is 35.9 Å². The van der Waals surface area contributed by atoms with Gasteiger partial charge in [-0.3, -0.25) is 14.8 Å². The third kappa shape index (κ3) is 3.15. The molecule has 3 rings (SSSR count). The van der Waals surface area contributed by atoms with E-state index in [1.165, 1.54) is 17.0 Å². The van der Waals surface area contributed by atoms with Crippen molar-refractivity contribution in [1.29, 1.82) is 0 Å². The summed E-state index contributed by atoms with van der Waals surface area (Å²) in [6.45, 7) is -0.245. The first-order valence-electron chi connectivity index (χ1n) is 6.91. The summed E-state index contributed by atoms with van der Waals surface area (Å²) in [5, 5.41) is 11.2. The summed E-state index contributed by atoms with van der Waals surface area (Å²) in [7, 11) is 0. The Hall–Kier alpha value is -1.60. The van der Waals surface area contributed by atoms with Crippen LogP contribution in [0.2, 0.25) is 10.0 Å². The summed E-state index contributed by atoms with van der Waals surface area (Å²) in [4.78, 5) is 26.0. The fourth-order valence-corrected chi connectivity index (χ4v) is 3.47. The van der Waals surface area contributed by atoms with Gasteiger partial charge in [0.2, 0.25) is 0 Å². The average Bonchev–Trinajstić information content (AvgIpc) is 2.82. The fraction of sp³-hybridized carbons (Fsp3) is 0.125. The van der Waals surface area contributed by atoms with Gasteiger partial charge < -0.3 is 4.90 Å². The lowest BCUT2D eigenvalue weighted by Gasteiger charge is -2.27. The number of hydrogen-bond donors (Lipinski definition) is 1. The van der Waals surface area contributed by atoms with Crippen LogP contribution in [-0.4, -0.2) is 33.5 Å². The molecule has 2 aromatic rings. The maximum absolute atomic E-state index is 12.8. The smallest absolute Gasteiger partial charge is 0.267 e. The molecule has 1 aliphatic heterocycles. The van der Waals surface area contributed by atoms with Gasteiger partial charge >= 0.3 is 0 Å². The Kier molecular flexibility index (Phi) is 4.83. The number of rotatable bonds is 2. The summed E-state index contributed by atoms with van der Waals surface area (Å²) >= 11 is 15.3. The molecule has 2 amide bonds. The number of benzene rings is 2. The Morgan fingerprint density at radius 3 is 2.62 bits per heavy atom. The average molecular weight is 430 g/mol. The van der Waals surface area contributed by atoms with Crippen molar-refractivity contribution in [1.82, 2.24) is 9.96 Å². The van der Waals surface area contributed by atoms with Crippen LogP contribution in [0.1, 0.15) is 22.1 Å². The first-order chi connectivity index (χ1) is 11.4. The van der Waals surface area contributed by atoms with Crippen LogP contribution < -0.4 is 0 Å². The Morgan fingerprint density at radius 1 is 1.21 bits per heavy atom. The van der Waals surface area contributed by atoms with Gasteiger partial charge in [-0.1, -0.05) is 51.3 Å². The minimum absolute atomic E-state index is 0.185. The molecule has 5 nitrogen and oxygen atoms in total. The summed E-state index contributed by atoms with van der Waals surface area (Å²) in [6, 6.07) is 11.5. The second kappa shape index (κ2) is 6.72. The molecule has 8 heteroatoms. The monoisotopic (exact) mass is 428 g/mol. The van der Waals surface area contributed by atoms with Crippen LogP contribution in [0.5, 0.6) is 0 Å². The van der Waals surface area contributed by atoms with E-state index < -0.39 is 18.0 Å². The van der Waals surface area contributed by atoms with Crippen molar-refractivity contribution in [2.75, 3.05) is 6.54 Å². The lowest BCUT2D eigenvalue weighted by molar-refractivity contribution is -0.168. The molecule has 0 bridgehead atoms. The van der Waals surface area contributed by atoms with Crippen LogP contribution in [0.4, 0.5) is 0 Å². The summed E-state index contributed by atoms with van der Waals surface area (Å²) in [5.74, 6) is -1.04. The van der Waals surface area contributed by atoms with Gasteiger partial charge in [0, 0.05) is 9.50 Å². The van der Waals surface area contributed by atoms with Gasteiger partial charge in [0.25, 0.3) is 11.8 Å². The minimum Gasteiger partial charge on any atom is -0.302 e. The lowest BCUT2D eigenvalue weighted by atomic mass is 10.1. The third-order valence-corrected chi connectivity index (χ3v) is 4.70. The number of hydrogen-bond acceptors (Lipinski definition) is 3. The molecular weight excluding hydrogens is 419 g/mol. The van der Waals surface area contributed by atoms with Gasteiger partial charge in [0.15, 0.2) is 6.17 Å². The molecule has 0 saturated carbocycles. The number of halogens is 3. The highest BCUT2D eigenvalue weighted by atomic mass is 79.9. The second-order valence-corrected chi connectivity index (χ2v) is 6.98. The molecule has 1 atom stereocenters. The molecule has 0 aliphatic carbocycles. The van der Waals surface area contributed by atoms with Gasteiger partial charge in [-0.15, -0.1) is 0 Å². The molecule has 1 saturated heterocycles. The van der Waals surface area contributed by atoms with Crippen molar-refractivity contribution < 1.29 is 14.8 Å². The van der Waals surface area contributed by atoms with Crippen LogP contribution in [0.15, 0.2) is 46.9 Å². The van der Waals surface area contributed by atoms with E-state index in [0.717, 1.165) is 4.47 Å². The predicted octanol–water partition coefficient (Wildman–Crippen LogP) is 4.13. The molecule has 124 valence electrons. The van der Waals surface area contributed by atoms with E-state index in [1.807, 2.05) is 6.07 Å². The topological polar surface area (TPSA) is 60.9 Å². The first kappa shape index (κ1) is 17.2. The van der Waals surface area contributed by atoms with Crippen molar-refractivity contribution in [2.24, 2.45) is 0 Å². The van der Waals surface area contributed by atoms with E-state index in [2.05, 4.69) is 15.9 Å². The number of carbonyl (C=O) groups excluding carboxylic acids is 2. The minimum atomic E-state index is -0.922. The molecule has 1 unspecified atom stereocenters. The quantitative estimate of drug-likeness (QED) is 0.730.